The Kier molecular flexibility index (Phi) is 8.25. The molecule has 2 heterocycles. The molecule has 208 valence electrons. The summed E-state index contributed by atoms with van der Waals surface area (Å²) in [5, 5.41) is 0. The maximum Gasteiger partial charge on any atom is 0.240 e. The molecule has 6 nitrogen and oxygen atoms in total. The maximum atomic E-state index is 12.7. The highest BCUT2D eigenvalue weighted by molar-refractivity contribution is 9.10. The van der Waals surface area contributed by atoms with E-state index in [0.29, 0.717) is 11.4 Å². The third kappa shape index (κ3) is 6.57. The quantitative estimate of drug-likeness (QED) is 0.202. The van der Waals surface area contributed by atoms with Gasteiger partial charge in [-0.25, -0.2) is 23.1 Å². The second kappa shape index (κ2) is 12.2. The Morgan fingerprint density at radius 2 is 1.39 bits per heavy atom. The van der Waals surface area contributed by atoms with Gasteiger partial charge in [0, 0.05) is 35.2 Å². The molecule has 1 aromatic heterocycles. The summed E-state index contributed by atoms with van der Waals surface area (Å²) in [5.74, 6) is 0.273. The summed E-state index contributed by atoms with van der Waals surface area (Å²) in [6, 6.07) is 33.5. The number of benzene rings is 4. The Morgan fingerprint density at radius 3 is 2.05 bits per heavy atom. The van der Waals surface area contributed by atoms with Crippen LogP contribution in [0.25, 0.3) is 33.5 Å². The number of fused-ring (bicyclic) bond motifs is 1. The molecule has 1 aliphatic rings. The number of hydrogen-bond acceptors (Lipinski definition) is 5. The van der Waals surface area contributed by atoms with Crippen molar-refractivity contribution in [3.63, 3.8) is 0 Å². The smallest absolute Gasteiger partial charge is 0.240 e. The Balaban J connectivity index is 1.14. The number of halogens is 1. The van der Waals surface area contributed by atoms with Gasteiger partial charge in [-0.15, -0.1) is 0 Å². The van der Waals surface area contributed by atoms with Crippen LogP contribution in [0.3, 0.4) is 0 Å². The lowest BCUT2D eigenvalue weighted by Crippen LogP contribution is -2.40. The van der Waals surface area contributed by atoms with E-state index in [9.17, 15) is 8.42 Å². The summed E-state index contributed by atoms with van der Waals surface area (Å²) in [4.78, 5) is 12.7. The van der Waals surface area contributed by atoms with Gasteiger partial charge in [-0.2, -0.15) is 0 Å². The van der Waals surface area contributed by atoms with E-state index in [-0.39, 0.29) is 5.92 Å². The number of aromatic nitrogens is 2. The second-order valence-electron chi connectivity index (χ2n) is 10.5. The fraction of sp³-hybridized carbons (Fsp3) is 0.212. The molecular weight excluding hydrogens is 596 g/mol. The standard InChI is InChI=1S/C33H31BrN4O2S/c34-28-16-18-29(19-17-28)41(39,40)35-21-25-7-6-20-38(23-25)22-24-12-14-27(15-13-24)33-32(26-8-2-1-3-9-26)36-30-10-4-5-11-31(30)37-33/h1-5,8-19,25,35H,6-7,20-23H2. The average Bonchev–Trinajstić information content (AvgIpc) is 3.01. The zero-order chi connectivity index (χ0) is 28.2. The van der Waals surface area contributed by atoms with Gasteiger partial charge in [0.15, 0.2) is 0 Å². The van der Waals surface area contributed by atoms with Crippen LogP contribution in [-0.4, -0.2) is 42.9 Å². The number of nitrogens with zero attached hydrogens (tertiary/aromatic N) is 3. The zero-order valence-corrected chi connectivity index (χ0v) is 25.0. The van der Waals surface area contributed by atoms with Crippen molar-refractivity contribution >= 4 is 37.0 Å². The molecule has 8 heteroatoms. The summed E-state index contributed by atoms with van der Waals surface area (Å²) in [5.41, 5.74) is 6.80. The first-order valence-electron chi connectivity index (χ1n) is 13.8. The largest absolute Gasteiger partial charge is 0.299 e. The summed E-state index contributed by atoms with van der Waals surface area (Å²) >= 11 is 3.36. The number of piperidine rings is 1. The molecule has 0 saturated carbocycles. The predicted octanol–water partition coefficient (Wildman–Crippen LogP) is 6.92. The Bertz CT molecular complexity index is 1740. The molecule has 41 heavy (non-hydrogen) atoms. The van der Waals surface area contributed by atoms with Crippen LogP contribution in [0.4, 0.5) is 0 Å². The van der Waals surface area contributed by atoms with Gasteiger partial charge in [0.1, 0.15) is 0 Å². The first-order chi connectivity index (χ1) is 19.9. The molecule has 0 bridgehead atoms. The lowest BCUT2D eigenvalue weighted by Gasteiger charge is -2.32. The first kappa shape index (κ1) is 27.7. The molecule has 5 aromatic rings. The number of para-hydroxylation sites is 2. The van der Waals surface area contributed by atoms with E-state index in [0.717, 1.165) is 70.5 Å². The minimum atomic E-state index is -3.52. The molecule has 6 rings (SSSR count). The van der Waals surface area contributed by atoms with Crippen LogP contribution in [0.1, 0.15) is 18.4 Å². The van der Waals surface area contributed by atoms with E-state index in [1.165, 1.54) is 5.56 Å². The van der Waals surface area contributed by atoms with E-state index in [1.54, 1.807) is 24.3 Å². The molecule has 1 atom stereocenters. The van der Waals surface area contributed by atoms with Crippen LogP contribution in [0, 0.1) is 5.92 Å². The molecule has 0 aliphatic carbocycles. The molecule has 1 aliphatic heterocycles. The van der Waals surface area contributed by atoms with Crippen LogP contribution < -0.4 is 4.72 Å². The third-order valence-corrected chi connectivity index (χ3v) is 9.51. The van der Waals surface area contributed by atoms with Crippen molar-refractivity contribution in [2.45, 2.75) is 24.3 Å². The van der Waals surface area contributed by atoms with Crippen molar-refractivity contribution in [1.29, 1.82) is 0 Å². The van der Waals surface area contributed by atoms with Crippen molar-refractivity contribution in [3.8, 4) is 22.5 Å². The van der Waals surface area contributed by atoms with Gasteiger partial charge in [0.25, 0.3) is 0 Å². The minimum Gasteiger partial charge on any atom is -0.299 e. The molecule has 0 amide bonds. The lowest BCUT2D eigenvalue weighted by atomic mass is 9.97. The highest BCUT2D eigenvalue weighted by Crippen LogP contribution is 2.31. The molecule has 1 N–H and O–H groups in total. The first-order valence-corrected chi connectivity index (χ1v) is 16.1. The van der Waals surface area contributed by atoms with Gasteiger partial charge in [0.2, 0.25) is 10.0 Å². The van der Waals surface area contributed by atoms with Gasteiger partial charge < -0.3 is 0 Å². The zero-order valence-electron chi connectivity index (χ0n) is 22.6. The molecule has 1 saturated heterocycles. The SMILES string of the molecule is O=S(=O)(NCC1CCCN(Cc2ccc(-c3nc4ccccc4nc3-c3ccccc3)cc2)C1)c1ccc(Br)cc1. The van der Waals surface area contributed by atoms with Crippen molar-refractivity contribution in [1.82, 2.24) is 19.6 Å². The fourth-order valence-electron chi connectivity index (χ4n) is 5.41. The summed E-state index contributed by atoms with van der Waals surface area (Å²) in [6.07, 6.45) is 2.07. The summed E-state index contributed by atoms with van der Waals surface area (Å²) in [7, 11) is -3.52. The highest BCUT2D eigenvalue weighted by atomic mass is 79.9. The molecule has 0 radical (unpaired) electrons. The van der Waals surface area contributed by atoms with E-state index < -0.39 is 10.0 Å². The Labute approximate surface area is 249 Å². The van der Waals surface area contributed by atoms with Crippen LogP contribution in [-0.2, 0) is 16.6 Å². The average molecular weight is 628 g/mol. The van der Waals surface area contributed by atoms with Gasteiger partial charge in [-0.1, -0.05) is 82.7 Å². The molecule has 1 fully saturated rings. The van der Waals surface area contributed by atoms with Crippen molar-refractivity contribution in [2.75, 3.05) is 19.6 Å². The van der Waals surface area contributed by atoms with Crippen LogP contribution >= 0.6 is 15.9 Å². The van der Waals surface area contributed by atoms with Gasteiger partial charge in [-0.3, -0.25) is 4.90 Å². The molecule has 4 aromatic carbocycles. The van der Waals surface area contributed by atoms with Crippen LogP contribution in [0.2, 0.25) is 0 Å². The minimum absolute atomic E-state index is 0.273. The molecule has 1 unspecified atom stereocenters. The number of hydrogen-bond donors (Lipinski definition) is 1. The Morgan fingerprint density at radius 1 is 0.780 bits per heavy atom. The van der Waals surface area contributed by atoms with Crippen molar-refractivity contribution in [2.24, 2.45) is 5.92 Å². The Hall–Kier alpha value is -3.43. The molecule has 0 spiro atoms. The number of likely N-dealkylation sites (tertiary alicyclic amines) is 1. The van der Waals surface area contributed by atoms with E-state index >= 15 is 0 Å². The maximum absolute atomic E-state index is 12.7. The number of nitrogens with one attached hydrogen (secondary N) is 1. The van der Waals surface area contributed by atoms with Crippen molar-refractivity contribution in [3.05, 3.63) is 113 Å². The molecular formula is C33H31BrN4O2S. The second-order valence-corrected chi connectivity index (χ2v) is 13.2. The van der Waals surface area contributed by atoms with Crippen molar-refractivity contribution < 1.29 is 8.42 Å². The van der Waals surface area contributed by atoms with Gasteiger partial charge in [0.05, 0.1) is 27.3 Å². The lowest BCUT2D eigenvalue weighted by molar-refractivity contribution is 0.169. The normalized spacial score (nSPS) is 16.2. The van der Waals surface area contributed by atoms with Gasteiger partial charge >= 0.3 is 0 Å². The fourth-order valence-corrected chi connectivity index (χ4v) is 6.79. The topological polar surface area (TPSA) is 75.2 Å². The van der Waals surface area contributed by atoms with Gasteiger partial charge in [-0.05, 0) is 67.3 Å². The van der Waals surface area contributed by atoms with E-state index in [1.807, 2.05) is 42.5 Å². The summed E-state index contributed by atoms with van der Waals surface area (Å²) < 4.78 is 29.2. The van der Waals surface area contributed by atoms with Crippen LogP contribution in [0.15, 0.2) is 112 Å². The number of sulfonamides is 1. The third-order valence-electron chi connectivity index (χ3n) is 7.54. The monoisotopic (exact) mass is 626 g/mol. The number of rotatable bonds is 8. The highest BCUT2D eigenvalue weighted by Gasteiger charge is 2.23. The van der Waals surface area contributed by atoms with E-state index in [4.69, 9.17) is 9.97 Å². The summed E-state index contributed by atoms with van der Waals surface area (Å²) in [6.45, 7) is 3.13. The van der Waals surface area contributed by atoms with E-state index in [2.05, 4.69) is 62.0 Å². The predicted molar refractivity (Wildman–Crippen MR) is 168 cm³/mol. The van der Waals surface area contributed by atoms with Crippen LogP contribution in [0.5, 0.6) is 0 Å².